The molecule has 0 atom stereocenters. The van der Waals surface area contributed by atoms with Gasteiger partial charge < -0.3 is 14.2 Å². The molecular weight excluding hydrogens is 400 g/mol. The smallest absolute Gasteiger partial charge is 0.159 e. The first-order valence-corrected chi connectivity index (χ1v) is 12.0. The first kappa shape index (κ1) is 25.8. The maximum Gasteiger partial charge on any atom is 0.159 e. The first-order valence-electron chi connectivity index (χ1n) is 12.0. The average Bonchev–Trinajstić information content (AvgIpc) is 2.83. The predicted octanol–water partition coefficient (Wildman–Crippen LogP) is 6.07. The van der Waals surface area contributed by atoms with E-state index in [-0.39, 0.29) is 0 Å². The SMILES string of the molecule is CCCCCCCCCCOc1ccc(-c2ncc(C#CCOCCOCC)cn2)cc1. The van der Waals surface area contributed by atoms with Gasteiger partial charge in [-0.3, -0.25) is 0 Å². The zero-order valence-electron chi connectivity index (χ0n) is 19.8. The average molecular weight is 439 g/mol. The monoisotopic (exact) mass is 438 g/mol. The van der Waals surface area contributed by atoms with Gasteiger partial charge in [0.15, 0.2) is 5.82 Å². The highest BCUT2D eigenvalue weighted by molar-refractivity contribution is 5.56. The standard InChI is InChI=1S/C27H38N2O3/c1-3-5-6-7-8-9-10-11-19-32-26-16-14-25(15-17-26)27-28-22-24(23-29-27)13-12-18-31-21-20-30-4-2/h14-17,22-23H,3-11,18-21H2,1-2H3. The van der Waals surface area contributed by atoms with Crippen molar-refractivity contribution in [1.82, 2.24) is 9.97 Å². The zero-order valence-corrected chi connectivity index (χ0v) is 19.8. The summed E-state index contributed by atoms with van der Waals surface area (Å²) in [5.74, 6) is 7.55. The Hall–Kier alpha value is -2.42. The van der Waals surface area contributed by atoms with Crippen molar-refractivity contribution in [3.05, 3.63) is 42.2 Å². The zero-order chi connectivity index (χ0) is 22.7. The summed E-state index contributed by atoms with van der Waals surface area (Å²) in [6.07, 6.45) is 13.9. The fourth-order valence-electron chi connectivity index (χ4n) is 3.19. The lowest BCUT2D eigenvalue weighted by molar-refractivity contribution is 0.0662. The van der Waals surface area contributed by atoms with E-state index < -0.39 is 0 Å². The normalized spacial score (nSPS) is 10.6. The van der Waals surface area contributed by atoms with E-state index in [1.165, 1.54) is 44.9 Å². The van der Waals surface area contributed by atoms with Crippen LogP contribution in [0.5, 0.6) is 5.75 Å². The van der Waals surface area contributed by atoms with Gasteiger partial charge in [-0.1, -0.05) is 63.7 Å². The summed E-state index contributed by atoms with van der Waals surface area (Å²) in [6, 6.07) is 7.96. The molecule has 174 valence electrons. The summed E-state index contributed by atoms with van der Waals surface area (Å²) < 4.78 is 16.5. The Morgan fingerprint density at radius 2 is 1.41 bits per heavy atom. The van der Waals surface area contributed by atoms with Crippen LogP contribution in [-0.2, 0) is 9.47 Å². The van der Waals surface area contributed by atoms with E-state index in [0.717, 1.165) is 29.9 Å². The predicted molar refractivity (Wildman–Crippen MR) is 130 cm³/mol. The van der Waals surface area contributed by atoms with Gasteiger partial charge in [-0.15, -0.1) is 0 Å². The van der Waals surface area contributed by atoms with Crippen molar-refractivity contribution in [2.24, 2.45) is 0 Å². The van der Waals surface area contributed by atoms with Gasteiger partial charge >= 0.3 is 0 Å². The van der Waals surface area contributed by atoms with E-state index in [9.17, 15) is 0 Å². The Morgan fingerprint density at radius 1 is 0.750 bits per heavy atom. The maximum absolute atomic E-state index is 5.87. The second kappa shape index (κ2) is 17.2. The van der Waals surface area contributed by atoms with Crippen molar-refractivity contribution in [2.45, 2.75) is 65.2 Å². The summed E-state index contributed by atoms with van der Waals surface area (Å²) in [5, 5.41) is 0. The molecule has 32 heavy (non-hydrogen) atoms. The number of ether oxygens (including phenoxy) is 3. The summed E-state index contributed by atoms with van der Waals surface area (Å²) in [4.78, 5) is 8.85. The highest BCUT2D eigenvalue weighted by Crippen LogP contribution is 2.19. The molecule has 0 bridgehead atoms. The van der Waals surface area contributed by atoms with Gasteiger partial charge in [-0.05, 0) is 37.6 Å². The molecule has 1 heterocycles. The second-order valence-corrected chi connectivity index (χ2v) is 7.69. The Bertz CT molecular complexity index is 779. The third-order valence-electron chi connectivity index (χ3n) is 5.01. The Balaban J connectivity index is 1.66. The Labute approximate surface area is 193 Å². The van der Waals surface area contributed by atoms with E-state index in [1.807, 2.05) is 31.2 Å². The molecule has 0 saturated heterocycles. The number of benzene rings is 1. The van der Waals surface area contributed by atoms with Crippen LogP contribution in [0.2, 0.25) is 0 Å². The topological polar surface area (TPSA) is 53.5 Å². The van der Waals surface area contributed by atoms with Crippen molar-refractivity contribution in [3.8, 4) is 29.0 Å². The van der Waals surface area contributed by atoms with Crippen molar-refractivity contribution in [3.63, 3.8) is 0 Å². The van der Waals surface area contributed by atoms with Gasteiger partial charge in [0.1, 0.15) is 12.4 Å². The molecule has 2 rings (SSSR count). The molecular formula is C27H38N2O3. The Kier molecular flexibility index (Phi) is 13.9. The fourth-order valence-corrected chi connectivity index (χ4v) is 3.19. The molecule has 2 aromatic rings. The number of aromatic nitrogens is 2. The van der Waals surface area contributed by atoms with Crippen molar-refractivity contribution in [2.75, 3.05) is 33.0 Å². The molecule has 0 N–H and O–H groups in total. The van der Waals surface area contributed by atoms with Crippen LogP contribution in [0.25, 0.3) is 11.4 Å². The van der Waals surface area contributed by atoms with Crippen molar-refractivity contribution in [1.29, 1.82) is 0 Å². The van der Waals surface area contributed by atoms with Crippen LogP contribution in [0.3, 0.4) is 0 Å². The van der Waals surface area contributed by atoms with Crippen LogP contribution in [0.1, 0.15) is 70.8 Å². The summed E-state index contributed by atoms with van der Waals surface area (Å²) in [6.45, 7) is 7.21. The van der Waals surface area contributed by atoms with Crippen LogP contribution >= 0.6 is 0 Å². The lowest BCUT2D eigenvalue weighted by atomic mass is 10.1. The van der Waals surface area contributed by atoms with E-state index in [4.69, 9.17) is 14.2 Å². The van der Waals surface area contributed by atoms with Crippen LogP contribution in [0.15, 0.2) is 36.7 Å². The third kappa shape index (κ3) is 11.3. The molecule has 5 heteroatoms. The minimum Gasteiger partial charge on any atom is -0.494 e. The number of unbranched alkanes of at least 4 members (excludes halogenated alkanes) is 7. The molecule has 0 aliphatic carbocycles. The van der Waals surface area contributed by atoms with Gasteiger partial charge in [0, 0.05) is 24.6 Å². The number of hydrogen-bond donors (Lipinski definition) is 0. The van der Waals surface area contributed by atoms with E-state index in [1.54, 1.807) is 12.4 Å². The molecule has 0 radical (unpaired) electrons. The highest BCUT2D eigenvalue weighted by Gasteiger charge is 2.02. The van der Waals surface area contributed by atoms with E-state index in [0.29, 0.717) is 32.3 Å². The number of nitrogens with zero attached hydrogens (tertiary/aromatic N) is 2. The van der Waals surface area contributed by atoms with Gasteiger partial charge in [-0.2, -0.15) is 0 Å². The van der Waals surface area contributed by atoms with Crippen LogP contribution in [0, 0.1) is 11.8 Å². The van der Waals surface area contributed by atoms with Crippen LogP contribution in [-0.4, -0.2) is 43.0 Å². The third-order valence-corrected chi connectivity index (χ3v) is 5.01. The van der Waals surface area contributed by atoms with Gasteiger partial charge in [0.05, 0.1) is 25.4 Å². The molecule has 0 aliphatic heterocycles. The molecule has 0 saturated carbocycles. The molecule has 0 amide bonds. The molecule has 0 unspecified atom stereocenters. The minimum absolute atomic E-state index is 0.370. The molecule has 1 aromatic carbocycles. The van der Waals surface area contributed by atoms with E-state index >= 15 is 0 Å². The summed E-state index contributed by atoms with van der Waals surface area (Å²) >= 11 is 0. The quantitative estimate of drug-likeness (QED) is 0.235. The molecule has 5 nitrogen and oxygen atoms in total. The molecule has 0 fully saturated rings. The first-order chi connectivity index (χ1) is 15.8. The van der Waals surface area contributed by atoms with Gasteiger partial charge in [-0.25, -0.2) is 9.97 Å². The molecule has 1 aromatic heterocycles. The van der Waals surface area contributed by atoms with Crippen LogP contribution in [0.4, 0.5) is 0 Å². The summed E-state index contributed by atoms with van der Waals surface area (Å²) in [5.41, 5.74) is 1.73. The largest absolute Gasteiger partial charge is 0.494 e. The lowest BCUT2D eigenvalue weighted by Gasteiger charge is -2.07. The number of hydrogen-bond acceptors (Lipinski definition) is 5. The molecule has 0 aliphatic rings. The highest BCUT2D eigenvalue weighted by atomic mass is 16.5. The van der Waals surface area contributed by atoms with E-state index in [2.05, 4.69) is 28.7 Å². The molecule has 0 spiro atoms. The lowest BCUT2D eigenvalue weighted by Crippen LogP contribution is -2.03. The van der Waals surface area contributed by atoms with Crippen molar-refractivity contribution < 1.29 is 14.2 Å². The number of rotatable bonds is 16. The Morgan fingerprint density at radius 3 is 2.09 bits per heavy atom. The van der Waals surface area contributed by atoms with Crippen molar-refractivity contribution >= 4 is 0 Å². The summed E-state index contributed by atoms with van der Waals surface area (Å²) in [7, 11) is 0. The second-order valence-electron chi connectivity index (χ2n) is 7.69. The minimum atomic E-state index is 0.370. The fraction of sp³-hybridized carbons (Fsp3) is 0.556. The van der Waals surface area contributed by atoms with Gasteiger partial charge in [0.25, 0.3) is 0 Å². The van der Waals surface area contributed by atoms with Crippen LogP contribution < -0.4 is 4.74 Å². The maximum atomic E-state index is 5.87. The van der Waals surface area contributed by atoms with Gasteiger partial charge in [0.2, 0.25) is 0 Å².